The van der Waals surface area contributed by atoms with E-state index in [2.05, 4.69) is 15.6 Å². The lowest BCUT2D eigenvalue weighted by molar-refractivity contribution is -0.136. The third-order valence-electron chi connectivity index (χ3n) is 5.38. The van der Waals surface area contributed by atoms with Crippen molar-refractivity contribution in [3.63, 3.8) is 0 Å². The Kier molecular flexibility index (Phi) is 5.15. The van der Waals surface area contributed by atoms with E-state index in [4.69, 9.17) is 11.6 Å². The first kappa shape index (κ1) is 19.4. The Balaban J connectivity index is 1.42. The number of carbonyl (C=O) groups excluding carboxylic acids is 3. The first-order chi connectivity index (χ1) is 13.4. The number of imide groups is 1. The first-order valence-electron chi connectivity index (χ1n) is 9.04. The van der Waals surface area contributed by atoms with E-state index in [1.54, 1.807) is 6.07 Å². The zero-order valence-corrected chi connectivity index (χ0v) is 17.5. The van der Waals surface area contributed by atoms with Gasteiger partial charge < -0.3 is 10.6 Å². The van der Waals surface area contributed by atoms with Gasteiger partial charge in [-0.25, -0.2) is 9.78 Å². The standard InChI is InChI=1S/C18H19ClN4O3S2/c1-10-4-2-3-7-18(10)15(25)23(17(26)22-18)8-14(24)21-16-20-11(9-27-16)12-5-6-13(19)28-12/h5-6,9-10H,2-4,7-8H2,1H3,(H,22,26)(H,20,21,24). The van der Waals surface area contributed by atoms with Gasteiger partial charge in [0.15, 0.2) is 5.13 Å². The number of anilines is 1. The molecule has 2 N–H and O–H groups in total. The van der Waals surface area contributed by atoms with Crippen LogP contribution in [0.2, 0.25) is 4.34 Å². The fourth-order valence-electron chi connectivity index (χ4n) is 3.84. The average molecular weight is 439 g/mol. The Hall–Kier alpha value is -1.97. The van der Waals surface area contributed by atoms with Gasteiger partial charge in [-0.15, -0.1) is 22.7 Å². The second-order valence-electron chi connectivity index (χ2n) is 7.13. The predicted molar refractivity (Wildman–Crippen MR) is 110 cm³/mol. The summed E-state index contributed by atoms with van der Waals surface area (Å²) < 4.78 is 0.665. The smallest absolute Gasteiger partial charge is 0.323 e. The van der Waals surface area contributed by atoms with Crippen molar-refractivity contribution in [2.45, 2.75) is 38.1 Å². The van der Waals surface area contributed by atoms with Crippen LogP contribution in [0, 0.1) is 5.92 Å². The van der Waals surface area contributed by atoms with Crippen LogP contribution < -0.4 is 10.6 Å². The Morgan fingerprint density at radius 2 is 2.25 bits per heavy atom. The highest BCUT2D eigenvalue weighted by atomic mass is 35.5. The third-order valence-corrected chi connectivity index (χ3v) is 7.39. The molecule has 0 radical (unpaired) electrons. The molecule has 1 saturated carbocycles. The number of nitrogens with one attached hydrogen (secondary N) is 2. The normalized spacial score (nSPS) is 24.6. The summed E-state index contributed by atoms with van der Waals surface area (Å²) >= 11 is 8.63. The molecule has 1 aliphatic heterocycles. The molecule has 28 heavy (non-hydrogen) atoms. The lowest BCUT2D eigenvalue weighted by Gasteiger charge is -2.36. The summed E-state index contributed by atoms with van der Waals surface area (Å²) in [7, 11) is 0. The number of nitrogens with zero attached hydrogens (tertiary/aromatic N) is 2. The van der Waals surface area contributed by atoms with E-state index in [0.29, 0.717) is 15.9 Å². The molecule has 2 fully saturated rings. The van der Waals surface area contributed by atoms with Crippen LogP contribution in [0.1, 0.15) is 32.6 Å². The van der Waals surface area contributed by atoms with Crippen LogP contribution in [0.3, 0.4) is 0 Å². The lowest BCUT2D eigenvalue weighted by atomic mass is 9.73. The minimum Gasteiger partial charge on any atom is -0.323 e. The van der Waals surface area contributed by atoms with Gasteiger partial charge in [0.25, 0.3) is 5.91 Å². The maximum Gasteiger partial charge on any atom is 0.325 e. The van der Waals surface area contributed by atoms with Crippen molar-refractivity contribution >= 4 is 57.3 Å². The number of carbonyl (C=O) groups is 3. The quantitative estimate of drug-likeness (QED) is 0.706. The van der Waals surface area contributed by atoms with Crippen LogP contribution in [-0.2, 0) is 9.59 Å². The van der Waals surface area contributed by atoms with Crippen LogP contribution in [0.5, 0.6) is 0 Å². The molecule has 148 valence electrons. The van der Waals surface area contributed by atoms with Crippen molar-refractivity contribution < 1.29 is 14.4 Å². The van der Waals surface area contributed by atoms with Crippen LogP contribution in [0.25, 0.3) is 10.6 Å². The van der Waals surface area contributed by atoms with E-state index in [9.17, 15) is 14.4 Å². The summed E-state index contributed by atoms with van der Waals surface area (Å²) in [4.78, 5) is 44.0. The highest BCUT2D eigenvalue weighted by Crippen LogP contribution is 2.38. The van der Waals surface area contributed by atoms with Gasteiger partial charge in [0.1, 0.15) is 12.1 Å². The van der Waals surface area contributed by atoms with E-state index >= 15 is 0 Å². The lowest BCUT2D eigenvalue weighted by Crippen LogP contribution is -2.54. The second-order valence-corrected chi connectivity index (χ2v) is 9.70. The van der Waals surface area contributed by atoms with Crippen LogP contribution >= 0.6 is 34.3 Å². The maximum atomic E-state index is 12.9. The molecule has 1 spiro atoms. The van der Waals surface area contributed by atoms with Crippen molar-refractivity contribution in [2.75, 3.05) is 11.9 Å². The molecule has 3 heterocycles. The molecular formula is C18H19ClN4O3S2. The topological polar surface area (TPSA) is 91.4 Å². The molecule has 0 aromatic carbocycles. The predicted octanol–water partition coefficient (Wildman–Crippen LogP) is 3.96. The zero-order valence-electron chi connectivity index (χ0n) is 15.2. The molecule has 2 unspecified atom stereocenters. The monoisotopic (exact) mass is 438 g/mol. The Bertz CT molecular complexity index is 943. The number of halogens is 1. The zero-order chi connectivity index (χ0) is 19.9. The molecule has 4 amide bonds. The number of aromatic nitrogens is 1. The highest BCUT2D eigenvalue weighted by molar-refractivity contribution is 7.20. The Morgan fingerprint density at radius 3 is 2.96 bits per heavy atom. The Morgan fingerprint density at radius 1 is 1.43 bits per heavy atom. The summed E-state index contributed by atoms with van der Waals surface area (Å²) in [6.45, 7) is 1.66. The fraction of sp³-hybridized carbons (Fsp3) is 0.444. The molecule has 7 nitrogen and oxygen atoms in total. The SMILES string of the molecule is CC1CCCCC12NC(=O)N(CC(=O)Nc1nc(-c3ccc(Cl)s3)cs1)C2=O. The summed E-state index contributed by atoms with van der Waals surface area (Å²) in [5, 5.41) is 7.76. The van der Waals surface area contributed by atoms with Crippen LogP contribution in [0.15, 0.2) is 17.5 Å². The number of thiazole rings is 1. The summed E-state index contributed by atoms with van der Waals surface area (Å²) in [5.74, 6) is -0.688. The van der Waals surface area contributed by atoms with E-state index in [1.165, 1.54) is 22.7 Å². The summed E-state index contributed by atoms with van der Waals surface area (Å²) in [6.07, 6.45) is 3.45. The van der Waals surface area contributed by atoms with Crippen LogP contribution in [-0.4, -0.2) is 39.8 Å². The molecule has 0 bridgehead atoms. The number of thiophene rings is 1. The number of hydrogen-bond donors (Lipinski definition) is 2. The average Bonchev–Trinajstić information content (AvgIpc) is 3.34. The number of rotatable bonds is 4. The molecule has 4 rings (SSSR count). The molecule has 1 saturated heterocycles. The minimum atomic E-state index is -0.859. The minimum absolute atomic E-state index is 0.0601. The van der Waals surface area contributed by atoms with Crippen molar-refractivity contribution in [2.24, 2.45) is 5.92 Å². The molecule has 1 aliphatic carbocycles. The highest BCUT2D eigenvalue weighted by Gasteiger charge is 2.55. The summed E-state index contributed by atoms with van der Waals surface area (Å²) in [5.41, 5.74) is -0.134. The van der Waals surface area contributed by atoms with E-state index in [1.807, 2.05) is 18.4 Å². The van der Waals surface area contributed by atoms with Gasteiger partial charge in [-0.1, -0.05) is 31.4 Å². The van der Waals surface area contributed by atoms with Gasteiger partial charge in [0.05, 0.1) is 14.9 Å². The summed E-state index contributed by atoms with van der Waals surface area (Å²) in [6, 6.07) is 3.16. The van der Waals surface area contributed by atoms with Gasteiger partial charge in [-0.2, -0.15) is 0 Å². The van der Waals surface area contributed by atoms with Crippen molar-refractivity contribution in [1.82, 2.24) is 15.2 Å². The van der Waals surface area contributed by atoms with Gasteiger partial charge >= 0.3 is 6.03 Å². The van der Waals surface area contributed by atoms with Gasteiger partial charge in [0.2, 0.25) is 5.91 Å². The third kappa shape index (κ3) is 3.42. The van der Waals surface area contributed by atoms with E-state index < -0.39 is 17.5 Å². The molecular weight excluding hydrogens is 420 g/mol. The Labute approximate surface area is 175 Å². The molecule has 2 atom stereocenters. The fourth-order valence-corrected chi connectivity index (χ4v) is 5.64. The largest absolute Gasteiger partial charge is 0.325 e. The molecule has 2 aromatic rings. The van der Waals surface area contributed by atoms with Crippen LogP contribution in [0.4, 0.5) is 9.93 Å². The molecule has 2 aliphatic rings. The van der Waals surface area contributed by atoms with Crippen molar-refractivity contribution in [3.8, 4) is 10.6 Å². The van der Waals surface area contributed by atoms with Gasteiger partial charge in [-0.3, -0.25) is 14.5 Å². The number of urea groups is 1. The van der Waals surface area contributed by atoms with Gasteiger partial charge in [0, 0.05) is 5.38 Å². The first-order valence-corrected chi connectivity index (χ1v) is 11.1. The van der Waals surface area contributed by atoms with E-state index in [0.717, 1.165) is 34.7 Å². The molecule has 2 aromatic heterocycles. The second kappa shape index (κ2) is 7.46. The van der Waals surface area contributed by atoms with Gasteiger partial charge in [-0.05, 0) is 30.9 Å². The van der Waals surface area contributed by atoms with E-state index in [-0.39, 0.29) is 18.4 Å². The van der Waals surface area contributed by atoms with Crippen molar-refractivity contribution in [1.29, 1.82) is 0 Å². The van der Waals surface area contributed by atoms with Crippen molar-refractivity contribution in [3.05, 3.63) is 21.8 Å². The molecule has 10 heteroatoms. The number of amides is 4. The maximum absolute atomic E-state index is 12.9. The number of hydrogen-bond acceptors (Lipinski definition) is 6.